The predicted molar refractivity (Wildman–Crippen MR) is 113 cm³/mol. The van der Waals surface area contributed by atoms with Crippen LogP contribution < -0.4 is 0 Å². The molecule has 5 nitrogen and oxygen atoms in total. The molecule has 0 saturated heterocycles. The molecule has 2 aliphatic rings. The molecule has 2 fully saturated rings. The Bertz CT molecular complexity index is 1100. The molecule has 2 aromatic heterocycles. The topological polar surface area (TPSA) is 67.9 Å². The number of nitrogens with zero attached hydrogens (tertiary/aromatic N) is 3. The Morgan fingerprint density at radius 1 is 1.17 bits per heavy atom. The van der Waals surface area contributed by atoms with Crippen molar-refractivity contribution in [2.24, 2.45) is 0 Å². The summed E-state index contributed by atoms with van der Waals surface area (Å²) in [6, 6.07) is 8.99. The monoisotopic (exact) mass is 405 g/mol. The Hall–Kier alpha value is -2.65. The van der Waals surface area contributed by atoms with E-state index in [0.29, 0.717) is 16.5 Å². The smallest absolute Gasteiger partial charge is 0.350 e. The number of nitriles is 1. The van der Waals surface area contributed by atoms with E-state index in [4.69, 9.17) is 4.74 Å². The van der Waals surface area contributed by atoms with Crippen LogP contribution in [0.25, 0.3) is 21.5 Å². The van der Waals surface area contributed by atoms with Gasteiger partial charge in [-0.05, 0) is 56.7 Å². The van der Waals surface area contributed by atoms with Gasteiger partial charge in [0.1, 0.15) is 22.1 Å². The number of carbonyl (C=O) groups excluding carboxylic acids is 1. The Morgan fingerprint density at radius 2 is 1.93 bits per heavy atom. The number of benzene rings is 1. The third kappa shape index (κ3) is 3.44. The van der Waals surface area contributed by atoms with Crippen LogP contribution >= 0.6 is 11.3 Å². The van der Waals surface area contributed by atoms with Gasteiger partial charge in [0.05, 0.1) is 11.8 Å². The lowest BCUT2D eigenvalue weighted by Crippen LogP contribution is -2.13. The van der Waals surface area contributed by atoms with Crippen molar-refractivity contribution in [2.45, 2.75) is 63.5 Å². The summed E-state index contributed by atoms with van der Waals surface area (Å²) in [5, 5.41) is 11.4. The van der Waals surface area contributed by atoms with Gasteiger partial charge in [-0.15, -0.1) is 11.3 Å². The lowest BCUT2D eigenvalue weighted by Gasteiger charge is -2.13. The number of hydrogen-bond donors (Lipinski definition) is 0. The quantitative estimate of drug-likeness (QED) is 0.511. The molecule has 3 aromatic rings. The minimum absolute atomic E-state index is 0.0536. The van der Waals surface area contributed by atoms with E-state index < -0.39 is 0 Å². The van der Waals surface area contributed by atoms with Crippen LogP contribution in [0.1, 0.15) is 72.6 Å². The van der Waals surface area contributed by atoms with Gasteiger partial charge in [-0.2, -0.15) is 5.26 Å². The number of aromatic nitrogens is 2. The number of hydrogen-bond acceptors (Lipinski definition) is 5. The van der Waals surface area contributed by atoms with E-state index in [-0.39, 0.29) is 12.1 Å². The van der Waals surface area contributed by atoms with E-state index in [2.05, 4.69) is 21.7 Å². The second-order valence-corrected chi connectivity index (χ2v) is 9.10. The van der Waals surface area contributed by atoms with Crippen molar-refractivity contribution in [1.82, 2.24) is 9.55 Å². The molecule has 0 amide bonds. The number of ether oxygens (including phenoxy) is 1. The summed E-state index contributed by atoms with van der Waals surface area (Å²) in [5.41, 5.74) is 2.74. The van der Waals surface area contributed by atoms with E-state index in [1.807, 2.05) is 18.3 Å². The Morgan fingerprint density at radius 3 is 2.69 bits per heavy atom. The van der Waals surface area contributed by atoms with E-state index >= 15 is 0 Å². The van der Waals surface area contributed by atoms with Gasteiger partial charge >= 0.3 is 5.97 Å². The molecule has 0 unspecified atom stereocenters. The molecular weight excluding hydrogens is 382 g/mol. The fourth-order valence-electron chi connectivity index (χ4n) is 4.68. The first-order valence-corrected chi connectivity index (χ1v) is 11.3. The van der Waals surface area contributed by atoms with Gasteiger partial charge in [-0.3, -0.25) is 0 Å². The number of esters is 1. The SMILES string of the molecule is N#Cc1cn(C2CCCC2)c2ccc(-c3ncc(C(=O)OC4CCCC4)s3)cc12. The second kappa shape index (κ2) is 7.64. The van der Waals surface area contributed by atoms with Crippen LogP contribution in [0.4, 0.5) is 0 Å². The van der Waals surface area contributed by atoms with E-state index in [9.17, 15) is 10.1 Å². The molecule has 1 aromatic carbocycles. The van der Waals surface area contributed by atoms with Crippen LogP contribution in [0, 0.1) is 11.3 Å². The van der Waals surface area contributed by atoms with Crippen molar-refractivity contribution in [3.05, 3.63) is 41.0 Å². The largest absolute Gasteiger partial charge is 0.458 e. The zero-order valence-corrected chi connectivity index (χ0v) is 17.1. The van der Waals surface area contributed by atoms with Crippen molar-refractivity contribution in [2.75, 3.05) is 0 Å². The van der Waals surface area contributed by atoms with Gasteiger partial charge in [-0.25, -0.2) is 9.78 Å². The molecule has 0 bridgehead atoms. The Labute approximate surface area is 173 Å². The summed E-state index contributed by atoms with van der Waals surface area (Å²) >= 11 is 1.36. The fraction of sp³-hybridized carbons (Fsp3) is 0.435. The minimum atomic E-state index is -0.271. The zero-order valence-electron chi connectivity index (χ0n) is 16.3. The minimum Gasteiger partial charge on any atom is -0.458 e. The van der Waals surface area contributed by atoms with Gasteiger partial charge < -0.3 is 9.30 Å². The van der Waals surface area contributed by atoms with Gasteiger partial charge in [0.15, 0.2) is 0 Å². The number of fused-ring (bicyclic) bond motifs is 1. The fourth-order valence-corrected chi connectivity index (χ4v) is 5.47. The highest BCUT2D eigenvalue weighted by Gasteiger charge is 2.23. The molecule has 2 saturated carbocycles. The molecule has 29 heavy (non-hydrogen) atoms. The van der Waals surface area contributed by atoms with Crippen LogP contribution in [-0.4, -0.2) is 21.6 Å². The van der Waals surface area contributed by atoms with Crippen molar-refractivity contribution in [1.29, 1.82) is 5.26 Å². The van der Waals surface area contributed by atoms with Gasteiger partial charge in [0.2, 0.25) is 0 Å². The number of rotatable bonds is 4. The molecule has 0 N–H and O–H groups in total. The predicted octanol–water partition coefficient (Wildman–Crippen LogP) is 5.85. The maximum absolute atomic E-state index is 12.4. The first-order valence-electron chi connectivity index (χ1n) is 10.4. The second-order valence-electron chi connectivity index (χ2n) is 8.07. The maximum atomic E-state index is 12.4. The zero-order chi connectivity index (χ0) is 19.8. The molecular formula is C23H23N3O2S. The highest BCUT2D eigenvalue weighted by molar-refractivity contribution is 7.16. The van der Waals surface area contributed by atoms with Crippen molar-refractivity contribution < 1.29 is 9.53 Å². The highest BCUT2D eigenvalue weighted by atomic mass is 32.1. The third-order valence-corrected chi connectivity index (χ3v) is 7.23. The van der Waals surface area contributed by atoms with Crippen LogP contribution in [0.5, 0.6) is 0 Å². The molecule has 6 heteroatoms. The maximum Gasteiger partial charge on any atom is 0.350 e. The van der Waals surface area contributed by atoms with Crippen LogP contribution in [0.15, 0.2) is 30.6 Å². The summed E-state index contributed by atoms with van der Waals surface area (Å²) in [7, 11) is 0. The lowest BCUT2D eigenvalue weighted by atomic mass is 10.1. The molecule has 0 spiro atoms. The van der Waals surface area contributed by atoms with Crippen LogP contribution in [0.3, 0.4) is 0 Å². The Kier molecular flexibility index (Phi) is 4.84. The summed E-state index contributed by atoms with van der Waals surface area (Å²) in [6.45, 7) is 0. The van der Waals surface area contributed by atoms with Crippen molar-refractivity contribution >= 4 is 28.2 Å². The summed E-state index contributed by atoms with van der Waals surface area (Å²) in [5.74, 6) is -0.271. The molecule has 5 rings (SSSR count). The first-order chi connectivity index (χ1) is 14.2. The van der Waals surface area contributed by atoms with E-state index in [1.165, 1.54) is 37.0 Å². The van der Waals surface area contributed by atoms with E-state index in [1.54, 1.807) is 6.20 Å². The summed E-state index contributed by atoms with van der Waals surface area (Å²) < 4.78 is 7.87. The Balaban J connectivity index is 1.44. The average Bonchev–Trinajstić information content (AvgIpc) is 3.53. The van der Waals surface area contributed by atoms with Crippen LogP contribution in [-0.2, 0) is 4.74 Å². The van der Waals surface area contributed by atoms with Gasteiger partial charge in [0, 0.05) is 28.7 Å². The molecule has 2 aliphatic carbocycles. The van der Waals surface area contributed by atoms with Crippen LogP contribution in [0.2, 0.25) is 0 Å². The first kappa shape index (κ1) is 18.4. The average molecular weight is 406 g/mol. The van der Waals surface area contributed by atoms with Gasteiger partial charge in [-0.1, -0.05) is 12.8 Å². The highest BCUT2D eigenvalue weighted by Crippen LogP contribution is 2.36. The summed E-state index contributed by atoms with van der Waals surface area (Å²) in [6.07, 6.45) is 12.7. The van der Waals surface area contributed by atoms with E-state index in [0.717, 1.165) is 47.2 Å². The number of thiazole rings is 1. The lowest BCUT2D eigenvalue weighted by molar-refractivity contribution is 0.0323. The molecule has 2 heterocycles. The molecule has 0 atom stereocenters. The van der Waals surface area contributed by atoms with Crippen molar-refractivity contribution in [3.8, 4) is 16.6 Å². The standard InChI is InChI=1S/C23H23N3O2S/c24-12-16-14-26(17-5-1-2-6-17)20-10-9-15(11-19(16)20)22-25-13-21(29-22)23(27)28-18-7-3-4-8-18/h9-11,13-14,17-18H,1-8H2. The number of carbonyl (C=O) groups is 1. The van der Waals surface area contributed by atoms with Gasteiger partial charge in [0.25, 0.3) is 0 Å². The molecule has 148 valence electrons. The molecule has 0 radical (unpaired) electrons. The normalized spacial score (nSPS) is 17.8. The molecule has 0 aliphatic heterocycles. The summed E-state index contributed by atoms with van der Waals surface area (Å²) in [4.78, 5) is 17.4. The third-order valence-electron chi connectivity index (χ3n) is 6.20. The van der Waals surface area contributed by atoms with Crippen molar-refractivity contribution in [3.63, 3.8) is 0 Å².